The molecule has 0 N–H and O–H groups in total. The minimum Gasteiger partial charge on any atom is -0.0821 e. The van der Waals surface area contributed by atoms with Crippen molar-refractivity contribution in [1.82, 2.24) is 0 Å². The molecule has 0 saturated carbocycles. The molecule has 0 radical (unpaired) electrons. The van der Waals surface area contributed by atoms with Gasteiger partial charge in [0.1, 0.15) is 0 Å². The van der Waals surface area contributed by atoms with Crippen LogP contribution in [0.15, 0.2) is 23.3 Å². The lowest BCUT2D eigenvalue weighted by molar-refractivity contribution is 1.07. The first-order chi connectivity index (χ1) is 4.66. The van der Waals surface area contributed by atoms with Gasteiger partial charge in [-0.15, -0.1) is 0 Å². The summed E-state index contributed by atoms with van der Waals surface area (Å²) in [6.07, 6.45) is 6.81. The Morgan fingerprint density at radius 3 is 2.10 bits per heavy atom. The molecule has 0 aliphatic rings. The second-order valence-corrected chi connectivity index (χ2v) is 2.92. The third-order valence-corrected chi connectivity index (χ3v) is 1.55. The van der Waals surface area contributed by atoms with Crippen molar-refractivity contribution in [2.75, 3.05) is 0 Å². The Balaban J connectivity index is 3.63. The van der Waals surface area contributed by atoms with Gasteiger partial charge in [-0.3, -0.25) is 0 Å². The fourth-order valence-corrected chi connectivity index (χ4v) is 0.640. The third kappa shape index (κ3) is 5.61. The van der Waals surface area contributed by atoms with Crippen molar-refractivity contribution in [1.29, 1.82) is 0 Å². The van der Waals surface area contributed by atoms with Gasteiger partial charge in [-0.1, -0.05) is 30.2 Å². The van der Waals surface area contributed by atoms with Crippen LogP contribution in [0.2, 0.25) is 0 Å². The first kappa shape index (κ1) is 9.48. The molecular formula is C10H18. The Hall–Kier alpha value is -0.520. The molecule has 0 aliphatic carbocycles. The molecule has 0 bridgehead atoms. The van der Waals surface area contributed by atoms with E-state index in [0.717, 1.165) is 6.42 Å². The maximum atomic E-state index is 2.28. The van der Waals surface area contributed by atoms with Crippen molar-refractivity contribution in [3.05, 3.63) is 23.3 Å². The van der Waals surface area contributed by atoms with Crippen molar-refractivity contribution in [2.24, 2.45) is 0 Å². The van der Waals surface area contributed by atoms with Gasteiger partial charge in [0.05, 0.1) is 0 Å². The minimum absolute atomic E-state index is 1.10. The van der Waals surface area contributed by atoms with E-state index in [1.165, 1.54) is 17.6 Å². The van der Waals surface area contributed by atoms with Gasteiger partial charge >= 0.3 is 0 Å². The van der Waals surface area contributed by atoms with Crippen LogP contribution < -0.4 is 0 Å². The molecule has 0 rings (SSSR count). The van der Waals surface area contributed by atoms with E-state index < -0.39 is 0 Å². The zero-order valence-electron chi connectivity index (χ0n) is 7.57. The molecule has 0 aromatic heterocycles. The van der Waals surface area contributed by atoms with Crippen molar-refractivity contribution in [3.63, 3.8) is 0 Å². The summed E-state index contributed by atoms with van der Waals surface area (Å²) < 4.78 is 0. The molecule has 0 aliphatic heterocycles. The van der Waals surface area contributed by atoms with E-state index in [2.05, 4.69) is 39.8 Å². The van der Waals surface area contributed by atoms with Gasteiger partial charge in [-0.25, -0.2) is 0 Å². The van der Waals surface area contributed by atoms with E-state index in [9.17, 15) is 0 Å². The summed E-state index contributed by atoms with van der Waals surface area (Å²) in [6, 6.07) is 0. The maximum Gasteiger partial charge on any atom is -0.0164 e. The smallest absolute Gasteiger partial charge is 0.0164 e. The van der Waals surface area contributed by atoms with Crippen LogP contribution >= 0.6 is 0 Å². The number of rotatable bonds is 3. The zero-order valence-corrected chi connectivity index (χ0v) is 7.57. The Morgan fingerprint density at radius 1 is 1.10 bits per heavy atom. The van der Waals surface area contributed by atoms with Gasteiger partial charge in [0.25, 0.3) is 0 Å². The van der Waals surface area contributed by atoms with E-state index >= 15 is 0 Å². The SMILES string of the molecule is CC/C(C)=C\CC=C(C)C. The van der Waals surface area contributed by atoms with Crippen LogP contribution in [0.5, 0.6) is 0 Å². The second kappa shape index (κ2) is 5.28. The molecular weight excluding hydrogens is 120 g/mol. The van der Waals surface area contributed by atoms with Crippen molar-refractivity contribution < 1.29 is 0 Å². The zero-order chi connectivity index (χ0) is 7.98. The quantitative estimate of drug-likeness (QED) is 0.522. The molecule has 0 nitrogen and oxygen atoms in total. The van der Waals surface area contributed by atoms with E-state index in [0.29, 0.717) is 0 Å². The highest BCUT2D eigenvalue weighted by molar-refractivity contribution is 5.04. The van der Waals surface area contributed by atoms with Gasteiger partial charge in [0.2, 0.25) is 0 Å². The van der Waals surface area contributed by atoms with Crippen molar-refractivity contribution in [3.8, 4) is 0 Å². The maximum absolute atomic E-state index is 2.28. The Morgan fingerprint density at radius 2 is 1.70 bits per heavy atom. The highest BCUT2D eigenvalue weighted by Gasteiger charge is 1.80. The molecule has 58 valence electrons. The number of hydrogen-bond donors (Lipinski definition) is 0. The van der Waals surface area contributed by atoms with Crippen LogP contribution in [-0.4, -0.2) is 0 Å². The van der Waals surface area contributed by atoms with Crippen molar-refractivity contribution >= 4 is 0 Å². The Labute approximate surface area is 64.6 Å². The molecule has 10 heavy (non-hydrogen) atoms. The van der Waals surface area contributed by atoms with E-state index in [-0.39, 0.29) is 0 Å². The molecule has 0 heterocycles. The molecule has 0 saturated heterocycles. The van der Waals surface area contributed by atoms with Gasteiger partial charge in [0.15, 0.2) is 0 Å². The Kier molecular flexibility index (Phi) is 5.00. The lowest BCUT2D eigenvalue weighted by Crippen LogP contribution is -1.71. The van der Waals surface area contributed by atoms with Crippen molar-refractivity contribution in [2.45, 2.75) is 40.5 Å². The first-order valence-electron chi connectivity index (χ1n) is 3.95. The summed E-state index contributed by atoms with van der Waals surface area (Å²) in [5.41, 5.74) is 2.89. The second-order valence-electron chi connectivity index (χ2n) is 2.92. The average Bonchev–Trinajstić information content (AvgIpc) is 1.87. The average molecular weight is 138 g/mol. The lowest BCUT2D eigenvalue weighted by atomic mass is 10.2. The highest BCUT2D eigenvalue weighted by atomic mass is 13.9. The fraction of sp³-hybridized carbons (Fsp3) is 0.600. The summed E-state index contributed by atoms with van der Waals surface area (Å²) in [4.78, 5) is 0. The molecule has 0 fully saturated rings. The molecule has 0 spiro atoms. The fourth-order valence-electron chi connectivity index (χ4n) is 0.640. The van der Waals surface area contributed by atoms with Gasteiger partial charge < -0.3 is 0 Å². The van der Waals surface area contributed by atoms with Gasteiger partial charge in [0, 0.05) is 0 Å². The first-order valence-corrected chi connectivity index (χ1v) is 3.95. The Bertz CT molecular complexity index is 134. The van der Waals surface area contributed by atoms with Crippen LogP contribution in [0.1, 0.15) is 40.5 Å². The van der Waals surface area contributed by atoms with Crippen LogP contribution in [0.3, 0.4) is 0 Å². The molecule has 0 unspecified atom stereocenters. The summed E-state index contributed by atoms with van der Waals surface area (Å²) in [7, 11) is 0. The number of hydrogen-bond acceptors (Lipinski definition) is 0. The van der Waals surface area contributed by atoms with E-state index in [1.807, 2.05) is 0 Å². The topological polar surface area (TPSA) is 0 Å². The molecule has 0 aromatic rings. The van der Waals surface area contributed by atoms with Crippen LogP contribution in [0, 0.1) is 0 Å². The lowest BCUT2D eigenvalue weighted by Gasteiger charge is -1.92. The van der Waals surface area contributed by atoms with E-state index in [1.54, 1.807) is 0 Å². The van der Waals surface area contributed by atoms with Crippen LogP contribution in [0.25, 0.3) is 0 Å². The predicted molar refractivity (Wildman–Crippen MR) is 48.1 cm³/mol. The predicted octanol–water partition coefficient (Wildman–Crippen LogP) is 3.70. The highest BCUT2D eigenvalue weighted by Crippen LogP contribution is 2.01. The molecule has 0 heteroatoms. The van der Waals surface area contributed by atoms with Crippen LogP contribution in [-0.2, 0) is 0 Å². The summed E-state index contributed by atoms with van der Waals surface area (Å²) in [6.45, 7) is 8.64. The third-order valence-electron chi connectivity index (χ3n) is 1.55. The van der Waals surface area contributed by atoms with Crippen LogP contribution in [0.4, 0.5) is 0 Å². The standard InChI is InChI=1S/C10H18/c1-5-10(4)8-6-7-9(2)3/h7-8H,5-6H2,1-4H3/b10-8-. The van der Waals surface area contributed by atoms with E-state index in [4.69, 9.17) is 0 Å². The minimum atomic E-state index is 1.10. The van der Waals surface area contributed by atoms with Gasteiger partial charge in [-0.05, 0) is 33.6 Å². The van der Waals surface area contributed by atoms with Gasteiger partial charge in [-0.2, -0.15) is 0 Å². The monoisotopic (exact) mass is 138 g/mol. The normalized spacial score (nSPS) is 11.4. The molecule has 0 atom stereocenters. The largest absolute Gasteiger partial charge is 0.0821 e. The molecule has 0 amide bonds. The summed E-state index contributed by atoms with van der Waals surface area (Å²) >= 11 is 0. The number of allylic oxidation sites excluding steroid dienone is 4. The molecule has 0 aromatic carbocycles. The summed E-state index contributed by atoms with van der Waals surface area (Å²) in [5.74, 6) is 0. The summed E-state index contributed by atoms with van der Waals surface area (Å²) in [5, 5.41) is 0.